The van der Waals surface area contributed by atoms with Crippen LogP contribution < -0.4 is 0 Å². The Hall–Kier alpha value is -3.39. The number of nitrogens with zero attached hydrogens (tertiary/aromatic N) is 3. The van der Waals surface area contributed by atoms with Gasteiger partial charge in [-0.2, -0.15) is 0 Å². The van der Waals surface area contributed by atoms with Crippen LogP contribution >= 0.6 is 11.3 Å². The lowest BCUT2D eigenvalue weighted by Crippen LogP contribution is -2.25. The number of hydrogen-bond donors (Lipinski definition) is 3. The summed E-state index contributed by atoms with van der Waals surface area (Å²) in [6.07, 6.45) is 13.4. The van der Waals surface area contributed by atoms with Gasteiger partial charge in [0.25, 0.3) is 0 Å². The van der Waals surface area contributed by atoms with Gasteiger partial charge in [0.1, 0.15) is 16.3 Å². The third-order valence-electron chi connectivity index (χ3n) is 6.19. The molecular weight excluding hydrogens is 420 g/mol. The number of nitrogens with one attached hydrogen (secondary N) is 1. The Kier molecular flexibility index (Phi) is 4.43. The van der Waals surface area contributed by atoms with E-state index in [1.165, 1.54) is 0 Å². The zero-order chi connectivity index (χ0) is 21.7. The predicted octanol–water partition coefficient (Wildman–Crippen LogP) is 4.68. The van der Waals surface area contributed by atoms with Crippen LogP contribution in [0.15, 0.2) is 78.1 Å². The van der Waals surface area contributed by atoms with Gasteiger partial charge in [-0.15, -0.1) is 11.3 Å². The van der Waals surface area contributed by atoms with Gasteiger partial charge in [0.05, 0.1) is 17.5 Å². The van der Waals surface area contributed by atoms with Crippen LogP contribution in [0.1, 0.15) is 35.9 Å². The highest BCUT2D eigenvalue weighted by atomic mass is 32.1. The highest BCUT2D eigenvalue weighted by molar-refractivity contribution is 7.13. The summed E-state index contributed by atoms with van der Waals surface area (Å²) in [5.41, 5.74) is 4.57. The van der Waals surface area contributed by atoms with Crippen molar-refractivity contribution in [2.75, 3.05) is 0 Å². The van der Waals surface area contributed by atoms with E-state index in [2.05, 4.69) is 20.3 Å². The van der Waals surface area contributed by atoms with Crippen molar-refractivity contribution in [1.82, 2.24) is 19.9 Å². The maximum absolute atomic E-state index is 11.5. The van der Waals surface area contributed by atoms with E-state index < -0.39 is 11.7 Å². The van der Waals surface area contributed by atoms with Crippen LogP contribution in [-0.4, -0.2) is 30.1 Å². The molecule has 6 rings (SSSR count). The first kappa shape index (κ1) is 19.3. The van der Waals surface area contributed by atoms with Gasteiger partial charge in [-0.3, -0.25) is 4.98 Å². The Labute approximate surface area is 188 Å². The Morgan fingerprint density at radius 3 is 2.97 bits per heavy atom. The quantitative estimate of drug-likeness (QED) is 0.430. The van der Waals surface area contributed by atoms with E-state index in [1.54, 1.807) is 29.8 Å². The molecule has 2 aliphatic rings. The number of aromatic nitrogens is 4. The first-order valence-corrected chi connectivity index (χ1v) is 11.3. The molecule has 0 aliphatic heterocycles. The fraction of sp³-hybridized carbons (Fsp3) is 0.160. The molecule has 0 spiro atoms. The van der Waals surface area contributed by atoms with Gasteiger partial charge in [0.2, 0.25) is 0 Å². The molecule has 0 aromatic carbocycles. The number of allylic oxidation sites excluding steroid dienone is 4. The minimum atomic E-state index is -1.29. The second kappa shape index (κ2) is 7.34. The van der Waals surface area contributed by atoms with Crippen molar-refractivity contribution < 1.29 is 10.2 Å². The van der Waals surface area contributed by atoms with E-state index in [4.69, 9.17) is 4.98 Å². The number of rotatable bonds is 3. The summed E-state index contributed by atoms with van der Waals surface area (Å²) in [5.74, 6) is 0. The van der Waals surface area contributed by atoms with Gasteiger partial charge in [0.15, 0.2) is 0 Å². The number of aliphatic hydroxyl groups excluding tert-OH is 1. The summed E-state index contributed by atoms with van der Waals surface area (Å²) in [4.78, 5) is 16.8. The molecule has 4 aromatic rings. The lowest BCUT2D eigenvalue weighted by molar-refractivity contribution is 0.0381. The number of pyridine rings is 2. The first-order chi connectivity index (χ1) is 15.6. The maximum atomic E-state index is 11.5. The zero-order valence-corrected chi connectivity index (χ0v) is 17.9. The van der Waals surface area contributed by atoms with Crippen LogP contribution in [0.25, 0.3) is 27.2 Å². The minimum Gasteiger partial charge on any atom is -0.388 e. The molecule has 7 heteroatoms. The summed E-state index contributed by atoms with van der Waals surface area (Å²) in [6.45, 7) is 0. The molecule has 0 radical (unpaired) electrons. The molecule has 32 heavy (non-hydrogen) atoms. The van der Waals surface area contributed by atoms with Gasteiger partial charge in [0, 0.05) is 46.9 Å². The number of fused-ring (bicyclic) bond motifs is 2. The van der Waals surface area contributed by atoms with Gasteiger partial charge < -0.3 is 15.2 Å². The predicted molar refractivity (Wildman–Crippen MR) is 125 cm³/mol. The van der Waals surface area contributed by atoms with E-state index in [0.717, 1.165) is 38.4 Å². The summed E-state index contributed by atoms with van der Waals surface area (Å²) >= 11 is 1.60. The molecule has 0 unspecified atom stereocenters. The molecule has 0 saturated heterocycles. The van der Waals surface area contributed by atoms with Crippen LogP contribution in [0.2, 0.25) is 0 Å². The van der Waals surface area contributed by atoms with E-state index in [1.807, 2.05) is 48.7 Å². The van der Waals surface area contributed by atoms with Gasteiger partial charge in [-0.25, -0.2) is 9.97 Å². The number of hydrogen-bond acceptors (Lipinski definition) is 6. The molecule has 4 heterocycles. The molecule has 3 N–H and O–H groups in total. The van der Waals surface area contributed by atoms with Gasteiger partial charge in [-0.05, 0) is 35.8 Å². The zero-order valence-electron chi connectivity index (χ0n) is 17.1. The smallest absolute Gasteiger partial charge is 0.137 e. The summed E-state index contributed by atoms with van der Waals surface area (Å²) in [5, 5.41) is 26.0. The lowest BCUT2D eigenvalue weighted by Gasteiger charge is -2.24. The van der Waals surface area contributed by atoms with Crippen molar-refractivity contribution in [2.45, 2.75) is 24.5 Å². The molecule has 0 amide bonds. The lowest BCUT2D eigenvalue weighted by atomic mass is 9.89. The number of aromatic amines is 1. The molecule has 4 aromatic heterocycles. The standard InChI is InChI=1S/C25H20N4O2S/c30-21-12-25(31,22-18(21)7-3-10-26-22)16-5-1-4-15(8-9-16)20-14-32-24(29-20)19-13-28-23-17(19)6-2-11-27-23/h1-7,9-11,13-14,21,30-31H,8,12H2,(H,27,28)/t21-,25+/m0/s1. The topological polar surface area (TPSA) is 94.9 Å². The highest BCUT2D eigenvalue weighted by Gasteiger charge is 2.45. The van der Waals surface area contributed by atoms with Gasteiger partial charge in [-0.1, -0.05) is 30.4 Å². The minimum absolute atomic E-state index is 0.209. The summed E-state index contributed by atoms with van der Waals surface area (Å²) in [6, 6.07) is 7.58. The number of aliphatic hydroxyl groups is 2. The van der Waals surface area contributed by atoms with Crippen molar-refractivity contribution in [1.29, 1.82) is 0 Å². The molecule has 2 atom stereocenters. The molecular formula is C25H20N4O2S. The summed E-state index contributed by atoms with van der Waals surface area (Å²) < 4.78 is 0. The normalized spacial score (nSPS) is 22.5. The van der Waals surface area contributed by atoms with Crippen molar-refractivity contribution >= 4 is 27.9 Å². The third-order valence-corrected chi connectivity index (χ3v) is 7.06. The molecule has 6 nitrogen and oxygen atoms in total. The van der Waals surface area contributed by atoms with Crippen LogP contribution in [0, 0.1) is 0 Å². The molecule has 0 saturated carbocycles. The average molecular weight is 441 g/mol. The second-order valence-corrected chi connectivity index (χ2v) is 8.93. The van der Waals surface area contributed by atoms with E-state index >= 15 is 0 Å². The first-order valence-electron chi connectivity index (χ1n) is 10.5. The van der Waals surface area contributed by atoms with E-state index in [0.29, 0.717) is 17.7 Å². The van der Waals surface area contributed by atoms with Crippen LogP contribution in [0.5, 0.6) is 0 Å². The average Bonchev–Trinajstić information content (AvgIpc) is 3.46. The fourth-order valence-corrected chi connectivity index (χ4v) is 5.45. The van der Waals surface area contributed by atoms with Crippen LogP contribution in [-0.2, 0) is 5.60 Å². The van der Waals surface area contributed by atoms with Crippen molar-refractivity contribution in [3.63, 3.8) is 0 Å². The Bertz CT molecular complexity index is 1430. The van der Waals surface area contributed by atoms with Crippen LogP contribution in [0.3, 0.4) is 0 Å². The number of H-pyrrole nitrogens is 1. The third kappa shape index (κ3) is 2.97. The van der Waals surface area contributed by atoms with Crippen molar-refractivity contribution in [2.24, 2.45) is 0 Å². The largest absolute Gasteiger partial charge is 0.388 e. The molecule has 158 valence electrons. The molecule has 0 fully saturated rings. The molecule has 0 bridgehead atoms. The monoisotopic (exact) mass is 440 g/mol. The highest BCUT2D eigenvalue weighted by Crippen LogP contribution is 2.47. The number of thiazole rings is 1. The Morgan fingerprint density at radius 1 is 1.16 bits per heavy atom. The Balaban J connectivity index is 1.30. The van der Waals surface area contributed by atoms with Crippen molar-refractivity contribution in [3.05, 3.63) is 95.1 Å². The Morgan fingerprint density at radius 2 is 2.03 bits per heavy atom. The fourth-order valence-electron chi connectivity index (χ4n) is 4.57. The van der Waals surface area contributed by atoms with E-state index in [9.17, 15) is 10.2 Å². The maximum Gasteiger partial charge on any atom is 0.137 e. The van der Waals surface area contributed by atoms with Gasteiger partial charge >= 0.3 is 0 Å². The SMILES string of the molecule is O[C@H]1C[C@@](O)(C2=CCC(c3csc(-c4c[nH]c5ncccc45)n3)=CC=C2)c2ncccc21. The second-order valence-electron chi connectivity index (χ2n) is 8.08. The molecule has 2 aliphatic carbocycles. The van der Waals surface area contributed by atoms with E-state index in [-0.39, 0.29) is 6.42 Å². The summed E-state index contributed by atoms with van der Waals surface area (Å²) in [7, 11) is 0. The van der Waals surface area contributed by atoms with Crippen LogP contribution in [0.4, 0.5) is 0 Å². The van der Waals surface area contributed by atoms with Crippen molar-refractivity contribution in [3.8, 4) is 10.6 Å².